The number of anilines is 1. The highest BCUT2D eigenvalue weighted by Gasteiger charge is 2.12. The first-order valence-corrected chi connectivity index (χ1v) is 6.19. The maximum Gasteiger partial charge on any atom is 0.223 e. The second-order valence-electron chi connectivity index (χ2n) is 3.50. The highest BCUT2D eigenvalue weighted by molar-refractivity contribution is 9.10. The fourth-order valence-corrected chi connectivity index (χ4v) is 2.28. The number of nitrogens with two attached hydrogens (primary N) is 1. The van der Waals surface area contributed by atoms with Crippen LogP contribution in [0.4, 0.5) is 5.95 Å². The van der Waals surface area contributed by atoms with Crippen molar-refractivity contribution in [1.29, 1.82) is 0 Å². The highest BCUT2D eigenvalue weighted by Crippen LogP contribution is 2.26. The first-order chi connectivity index (χ1) is 8.20. The quantitative estimate of drug-likeness (QED) is 0.700. The van der Waals surface area contributed by atoms with Crippen LogP contribution in [0.25, 0.3) is 16.6 Å². The van der Waals surface area contributed by atoms with E-state index in [1.54, 1.807) is 0 Å². The third-order valence-electron chi connectivity index (χ3n) is 2.44. The molecule has 0 fully saturated rings. The zero-order chi connectivity index (χ0) is 12.0. The predicted molar refractivity (Wildman–Crippen MR) is 70.0 cm³/mol. The fourth-order valence-electron chi connectivity index (χ4n) is 1.72. The van der Waals surface area contributed by atoms with Gasteiger partial charge in [-0.05, 0) is 28.1 Å². The average Bonchev–Trinajstić information content (AvgIpc) is 2.76. The van der Waals surface area contributed by atoms with E-state index in [1.807, 2.05) is 18.2 Å². The predicted octanol–water partition coefficient (Wildman–Crippen LogP) is 2.36. The zero-order valence-electron chi connectivity index (χ0n) is 8.56. The van der Waals surface area contributed by atoms with Crippen molar-refractivity contribution in [1.82, 2.24) is 19.6 Å². The summed E-state index contributed by atoms with van der Waals surface area (Å²) in [6.07, 6.45) is 0. The van der Waals surface area contributed by atoms with Gasteiger partial charge in [0.25, 0.3) is 0 Å². The van der Waals surface area contributed by atoms with Crippen LogP contribution < -0.4 is 5.73 Å². The van der Waals surface area contributed by atoms with E-state index in [0.29, 0.717) is 17.4 Å². The minimum atomic E-state index is 0.247. The lowest BCUT2D eigenvalue weighted by atomic mass is 10.2. The van der Waals surface area contributed by atoms with E-state index >= 15 is 0 Å². The Labute approximate surface area is 110 Å². The van der Waals surface area contributed by atoms with E-state index in [2.05, 4.69) is 31.0 Å². The van der Waals surface area contributed by atoms with Gasteiger partial charge in [-0.1, -0.05) is 6.07 Å². The Morgan fingerprint density at radius 2 is 2.18 bits per heavy atom. The maximum absolute atomic E-state index is 5.84. The van der Waals surface area contributed by atoms with Crippen molar-refractivity contribution >= 4 is 50.0 Å². The molecule has 0 radical (unpaired) electrons. The van der Waals surface area contributed by atoms with E-state index in [4.69, 9.17) is 17.3 Å². The molecular formula is C10H7BrClN5. The molecule has 0 aliphatic carbocycles. The van der Waals surface area contributed by atoms with Crippen molar-refractivity contribution in [3.63, 3.8) is 0 Å². The molecule has 0 amide bonds. The number of fused-ring (bicyclic) bond motifs is 3. The summed E-state index contributed by atoms with van der Waals surface area (Å²) in [6.45, 7) is 0. The molecule has 0 saturated carbocycles. The topological polar surface area (TPSA) is 69.1 Å². The van der Waals surface area contributed by atoms with Crippen molar-refractivity contribution < 1.29 is 0 Å². The normalized spacial score (nSPS) is 11.4. The Balaban J connectivity index is 2.54. The van der Waals surface area contributed by atoms with Crippen molar-refractivity contribution in [2.75, 3.05) is 5.73 Å². The van der Waals surface area contributed by atoms with Crippen LogP contribution in [0.2, 0.25) is 0 Å². The van der Waals surface area contributed by atoms with Gasteiger partial charge < -0.3 is 5.73 Å². The first-order valence-electron chi connectivity index (χ1n) is 4.86. The summed E-state index contributed by atoms with van der Waals surface area (Å²) in [7, 11) is 0. The highest BCUT2D eigenvalue weighted by atomic mass is 79.9. The summed E-state index contributed by atoms with van der Waals surface area (Å²) in [5.41, 5.74) is 7.28. The van der Waals surface area contributed by atoms with Gasteiger partial charge in [0.15, 0.2) is 11.5 Å². The molecule has 3 aromatic rings. The Hall–Kier alpha value is -1.40. The number of halogens is 2. The molecule has 2 aromatic heterocycles. The number of hydrogen-bond acceptors (Lipinski definition) is 4. The van der Waals surface area contributed by atoms with E-state index in [1.165, 1.54) is 4.52 Å². The SMILES string of the molecule is Nc1nc2c(Br)cccc2c2nc(CCl)nn12. The van der Waals surface area contributed by atoms with Crippen LogP contribution in [0.15, 0.2) is 22.7 Å². The zero-order valence-corrected chi connectivity index (χ0v) is 10.9. The van der Waals surface area contributed by atoms with Crippen LogP contribution in [0.3, 0.4) is 0 Å². The molecule has 0 aliphatic heterocycles. The molecule has 3 rings (SSSR count). The summed E-state index contributed by atoms with van der Waals surface area (Å²) in [5, 5.41) is 5.07. The number of para-hydroxylation sites is 1. The molecule has 0 aliphatic rings. The lowest BCUT2D eigenvalue weighted by molar-refractivity contribution is 0.916. The second-order valence-corrected chi connectivity index (χ2v) is 4.62. The lowest BCUT2D eigenvalue weighted by Crippen LogP contribution is -2.02. The summed E-state index contributed by atoms with van der Waals surface area (Å²) in [6, 6.07) is 5.75. The monoisotopic (exact) mass is 311 g/mol. The summed E-state index contributed by atoms with van der Waals surface area (Å²) < 4.78 is 2.38. The van der Waals surface area contributed by atoms with E-state index in [9.17, 15) is 0 Å². The number of aromatic nitrogens is 4. The molecule has 2 N–H and O–H groups in total. The molecule has 2 heterocycles. The Kier molecular flexibility index (Phi) is 2.41. The third-order valence-corrected chi connectivity index (χ3v) is 3.32. The molecule has 0 saturated heterocycles. The van der Waals surface area contributed by atoms with Crippen LogP contribution in [0.5, 0.6) is 0 Å². The van der Waals surface area contributed by atoms with Crippen LogP contribution in [0, 0.1) is 0 Å². The first kappa shape index (κ1) is 10.7. The molecule has 86 valence electrons. The second kappa shape index (κ2) is 3.82. The third kappa shape index (κ3) is 1.56. The minimum absolute atomic E-state index is 0.247. The average molecular weight is 313 g/mol. The molecule has 0 atom stereocenters. The minimum Gasteiger partial charge on any atom is -0.368 e. The van der Waals surface area contributed by atoms with Gasteiger partial charge in [0, 0.05) is 9.86 Å². The Morgan fingerprint density at radius 3 is 2.94 bits per heavy atom. The number of rotatable bonds is 1. The van der Waals surface area contributed by atoms with Gasteiger partial charge in [0.05, 0.1) is 11.4 Å². The van der Waals surface area contributed by atoms with Crippen molar-refractivity contribution in [2.45, 2.75) is 5.88 Å². The van der Waals surface area contributed by atoms with Crippen LogP contribution in [-0.2, 0) is 5.88 Å². The van der Waals surface area contributed by atoms with Crippen molar-refractivity contribution in [3.8, 4) is 0 Å². The van der Waals surface area contributed by atoms with Gasteiger partial charge in [0.1, 0.15) is 0 Å². The molecule has 1 aromatic carbocycles. The Morgan fingerprint density at radius 1 is 1.35 bits per heavy atom. The van der Waals surface area contributed by atoms with Gasteiger partial charge in [-0.2, -0.15) is 4.52 Å². The number of nitrogens with zero attached hydrogens (tertiary/aromatic N) is 4. The van der Waals surface area contributed by atoms with Crippen LogP contribution >= 0.6 is 27.5 Å². The molecule has 7 heteroatoms. The van der Waals surface area contributed by atoms with Gasteiger partial charge in [-0.25, -0.2) is 9.97 Å². The van der Waals surface area contributed by atoms with E-state index in [0.717, 1.165) is 15.4 Å². The van der Waals surface area contributed by atoms with Gasteiger partial charge in [0.2, 0.25) is 5.95 Å². The molecule has 17 heavy (non-hydrogen) atoms. The smallest absolute Gasteiger partial charge is 0.223 e. The van der Waals surface area contributed by atoms with Crippen LogP contribution in [0.1, 0.15) is 5.82 Å². The van der Waals surface area contributed by atoms with E-state index in [-0.39, 0.29) is 5.88 Å². The summed E-state index contributed by atoms with van der Waals surface area (Å²) in [4.78, 5) is 8.64. The van der Waals surface area contributed by atoms with Gasteiger partial charge in [-0.15, -0.1) is 16.7 Å². The van der Waals surface area contributed by atoms with Gasteiger partial charge in [-0.3, -0.25) is 0 Å². The van der Waals surface area contributed by atoms with Gasteiger partial charge >= 0.3 is 0 Å². The largest absolute Gasteiger partial charge is 0.368 e. The summed E-state index contributed by atoms with van der Waals surface area (Å²) >= 11 is 9.16. The molecule has 0 bridgehead atoms. The molecule has 0 spiro atoms. The van der Waals surface area contributed by atoms with Crippen molar-refractivity contribution in [2.24, 2.45) is 0 Å². The fraction of sp³-hybridized carbons (Fsp3) is 0.100. The van der Waals surface area contributed by atoms with E-state index < -0.39 is 0 Å². The molecule has 0 unspecified atom stereocenters. The summed E-state index contributed by atoms with van der Waals surface area (Å²) in [5.74, 6) is 1.08. The standard InChI is InChI=1S/C10H7BrClN5/c11-6-3-1-2-5-8(6)15-10(13)17-9(5)14-7(4-12)16-17/h1-3H,4H2,(H2,13,15). The Bertz CT molecular complexity index is 723. The van der Waals surface area contributed by atoms with Crippen LogP contribution in [-0.4, -0.2) is 19.6 Å². The van der Waals surface area contributed by atoms with Crippen molar-refractivity contribution in [3.05, 3.63) is 28.5 Å². The molecule has 5 nitrogen and oxygen atoms in total. The number of alkyl halides is 1. The molecular weight excluding hydrogens is 306 g/mol. The number of hydrogen-bond donors (Lipinski definition) is 1. The number of nitrogen functional groups attached to an aromatic ring is 1. The lowest BCUT2D eigenvalue weighted by Gasteiger charge is -2.03. The number of benzene rings is 1. The maximum atomic E-state index is 5.84.